The Morgan fingerprint density at radius 2 is 2.05 bits per heavy atom. The summed E-state index contributed by atoms with van der Waals surface area (Å²) in [5.41, 5.74) is -0.137. The van der Waals surface area contributed by atoms with Gasteiger partial charge in [0.25, 0.3) is 0 Å². The van der Waals surface area contributed by atoms with Gasteiger partial charge in [-0.2, -0.15) is 0 Å². The number of nitro benzene ring substituents is 1. The normalized spacial score (nSPS) is 13.0. The minimum absolute atomic E-state index is 0.0403. The fourth-order valence-electron chi connectivity index (χ4n) is 1.90. The Bertz CT molecular complexity index is 569. The predicted octanol–water partition coefficient (Wildman–Crippen LogP) is 2.60. The van der Waals surface area contributed by atoms with Crippen LogP contribution in [0.1, 0.15) is 26.7 Å². The van der Waals surface area contributed by atoms with Crippen LogP contribution in [0.4, 0.5) is 11.4 Å². The largest absolute Gasteiger partial charge is 0.377 e. The van der Waals surface area contributed by atoms with Gasteiger partial charge in [0.15, 0.2) is 9.84 Å². The van der Waals surface area contributed by atoms with Crippen LogP contribution in [-0.2, 0) is 9.84 Å². The van der Waals surface area contributed by atoms with Crippen molar-refractivity contribution < 1.29 is 13.3 Å². The van der Waals surface area contributed by atoms with Gasteiger partial charge in [-0.25, -0.2) is 8.42 Å². The second-order valence-electron chi connectivity index (χ2n) is 4.52. The molecule has 0 aliphatic rings. The molecule has 1 unspecified atom stereocenters. The molecule has 0 amide bonds. The number of rotatable bonds is 6. The Balaban J connectivity index is 3.29. The van der Waals surface area contributed by atoms with Crippen LogP contribution in [0, 0.1) is 10.1 Å². The SMILES string of the molecule is CCCC(C)Nc1cccc(S(C)(=O)=O)c1[N+](=O)[O-]. The first-order valence-electron chi connectivity index (χ1n) is 6.01. The second-order valence-corrected chi connectivity index (χ2v) is 6.50. The van der Waals surface area contributed by atoms with Crippen LogP contribution in [0.2, 0.25) is 0 Å². The van der Waals surface area contributed by atoms with E-state index < -0.39 is 14.8 Å². The number of para-hydroxylation sites is 1. The zero-order valence-corrected chi connectivity index (χ0v) is 12.0. The third-order valence-electron chi connectivity index (χ3n) is 2.70. The summed E-state index contributed by atoms with van der Waals surface area (Å²) in [6.45, 7) is 3.92. The Kier molecular flexibility index (Phi) is 4.88. The highest BCUT2D eigenvalue weighted by atomic mass is 32.2. The van der Waals surface area contributed by atoms with E-state index in [2.05, 4.69) is 5.32 Å². The molecule has 0 spiro atoms. The number of benzene rings is 1. The van der Waals surface area contributed by atoms with E-state index in [1.807, 2.05) is 13.8 Å². The van der Waals surface area contributed by atoms with Crippen molar-refractivity contribution in [2.45, 2.75) is 37.6 Å². The van der Waals surface area contributed by atoms with Crippen LogP contribution in [0.25, 0.3) is 0 Å². The van der Waals surface area contributed by atoms with Crippen molar-refractivity contribution in [1.29, 1.82) is 0 Å². The van der Waals surface area contributed by atoms with E-state index in [1.54, 1.807) is 0 Å². The maximum Gasteiger partial charge on any atom is 0.310 e. The van der Waals surface area contributed by atoms with Gasteiger partial charge in [-0.15, -0.1) is 0 Å². The molecule has 0 aromatic heterocycles. The van der Waals surface area contributed by atoms with Crippen molar-refractivity contribution in [3.63, 3.8) is 0 Å². The van der Waals surface area contributed by atoms with Gasteiger partial charge >= 0.3 is 5.69 Å². The molecule has 1 aromatic rings. The second kappa shape index (κ2) is 6.01. The van der Waals surface area contributed by atoms with Gasteiger partial charge in [0.1, 0.15) is 10.6 Å². The van der Waals surface area contributed by atoms with Gasteiger partial charge in [-0.1, -0.05) is 19.4 Å². The van der Waals surface area contributed by atoms with Crippen LogP contribution in [0.15, 0.2) is 23.1 Å². The number of hydrogen-bond donors (Lipinski definition) is 1. The van der Waals surface area contributed by atoms with Gasteiger partial charge in [0.05, 0.1) is 4.92 Å². The van der Waals surface area contributed by atoms with Gasteiger partial charge in [-0.05, 0) is 25.5 Å². The summed E-state index contributed by atoms with van der Waals surface area (Å²) in [7, 11) is -3.63. The maximum absolute atomic E-state index is 11.6. The summed E-state index contributed by atoms with van der Waals surface area (Å²) in [5, 5.41) is 14.1. The number of nitrogens with one attached hydrogen (secondary N) is 1. The first kappa shape index (κ1) is 15.4. The highest BCUT2D eigenvalue weighted by Gasteiger charge is 2.26. The summed E-state index contributed by atoms with van der Waals surface area (Å²) in [6.07, 6.45) is 2.75. The van der Waals surface area contributed by atoms with E-state index in [4.69, 9.17) is 0 Å². The van der Waals surface area contributed by atoms with Crippen LogP contribution in [0.3, 0.4) is 0 Å². The highest BCUT2D eigenvalue weighted by Crippen LogP contribution is 2.32. The van der Waals surface area contributed by atoms with Gasteiger partial charge in [0, 0.05) is 12.3 Å². The van der Waals surface area contributed by atoms with Crippen LogP contribution < -0.4 is 5.32 Å². The lowest BCUT2D eigenvalue weighted by molar-refractivity contribution is -0.386. The third kappa shape index (κ3) is 3.92. The van der Waals surface area contributed by atoms with E-state index in [9.17, 15) is 18.5 Å². The molecule has 1 atom stereocenters. The molecule has 0 radical (unpaired) electrons. The number of sulfone groups is 1. The Labute approximate surface area is 112 Å². The summed E-state index contributed by atoms with van der Waals surface area (Å²) in [4.78, 5) is 10.2. The van der Waals surface area contributed by atoms with E-state index >= 15 is 0 Å². The molecule has 6 nitrogen and oxygen atoms in total. The minimum Gasteiger partial charge on any atom is -0.377 e. The lowest BCUT2D eigenvalue weighted by Gasteiger charge is -2.15. The summed E-state index contributed by atoms with van der Waals surface area (Å²) >= 11 is 0. The molecule has 0 fully saturated rings. The maximum atomic E-state index is 11.6. The smallest absolute Gasteiger partial charge is 0.310 e. The molecule has 0 saturated carbocycles. The predicted molar refractivity (Wildman–Crippen MR) is 74.2 cm³/mol. The molecule has 0 heterocycles. The van der Waals surface area contributed by atoms with E-state index in [0.29, 0.717) is 0 Å². The van der Waals surface area contributed by atoms with E-state index in [1.165, 1.54) is 18.2 Å². The molecule has 7 heteroatoms. The van der Waals surface area contributed by atoms with Crippen LogP contribution in [-0.4, -0.2) is 25.6 Å². The molecule has 1 N–H and O–H groups in total. The third-order valence-corrected chi connectivity index (χ3v) is 3.83. The van der Waals surface area contributed by atoms with Crippen molar-refractivity contribution in [2.24, 2.45) is 0 Å². The zero-order chi connectivity index (χ0) is 14.6. The molecule has 19 heavy (non-hydrogen) atoms. The number of nitrogens with zero attached hydrogens (tertiary/aromatic N) is 1. The topological polar surface area (TPSA) is 89.3 Å². The van der Waals surface area contributed by atoms with Crippen molar-refractivity contribution in [3.8, 4) is 0 Å². The molecular formula is C12H18N2O4S. The first-order valence-corrected chi connectivity index (χ1v) is 7.90. The molecule has 1 aromatic carbocycles. The van der Waals surface area contributed by atoms with Gasteiger partial charge < -0.3 is 5.32 Å². The Hall–Kier alpha value is -1.63. The molecule has 0 aliphatic heterocycles. The molecular weight excluding hydrogens is 268 g/mol. The fourth-order valence-corrected chi connectivity index (χ4v) is 2.76. The average molecular weight is 286 g/mol. The summed E-state index contributed by atoms with van der Waals surface area (Å²) < 4.78 is 23.2. The summed E-state index contributed by atoms with van der Waals surface area (Å²) in [6, 6.07) is 4.32. The molecule has 1 rings (SSSR count). The lowest BCUT2D eigenvalue weighted by Crippen LogP contribution is -2.16. The average Bonchev–Trinajstić information content (AvgIpc) is 2.27. The fraction of sp³-hybridized carbons (Fsp3) is 0.500. The van der Waals surface area contributed by atoms with Crippen LogP contribution >= 0.6 is 0 Å². The standard InChI is InChI=1S/C12H18N2O4S/c1-4-6-9(2)13-10-7-5-8-11(19(3,17)18)12(10)14(15)16/h5,7-9,13H,4,6H2,1-3H3. The Morgan fingerprint density at radius 1 is 1.42 bits per heavy atom. The molecule has 0 aliphatic carbocycles. The van der Waals surface area contributed by atoms with E-state index in [0.717, 1.165) is 19.1 Å². The molecule has 106 valence electrons. The quantitative estimate of drug-likeness (QED) is 0.641. The van der Waals surface area contributed by atoms with Gasteiger partial charge in [-0.3, -0.25) is 10.1 Å². The summed E-state index contributed by atoms with van der Waals surface area (Å²) in [5.74, 6) is 0. The van der Waals surface area contributed by atoms with Gasteiger partial charge in [0.2, 0.25) is 0 Å². The monoisotopic (exact) mass is 286 g/mol. The number of anilines is 1. The lowest BCUT2D eigenvalue weighted by atomic mass is 10.1. The Morgan fingerprint density at radius 3 is 2.53 bits per heavy atom. The van der Waals surface area contributed by atoms with Crippen molar-refractivity contribution in [3.05, 3.63) is 28.3 Å². The van der Waals surface area contributed by atoms with Crippen LogP contribution in [0.5, 0.6) is 0 Å². The first-order chi connectivity index (χ1) is 8.77. The zero-order valence-electron chi connectivity index (χ0n) is 11.2. The van der Waals surface area contributed by atoms with Crippen molar-refractivity contribution in [1.82, 2.24) is 0 Å². The van der Waals surface area contributed by atoms with Crippen molar-refractivity contribution in [2.75, 3.05) is 11.6 Å². The highest BCUT2D eigenvalue weighted by molar-refractivity contribution is 7.90. The minimum atomic E-state index is -3.63. The van der Waals surface area contributed by atoms with E-state index in [-0.39, 0.29) is 22.3 Å². The van der Waals surface area contributed by atoms with Crippen molar-refractivity contribution >= 4 is 21.2 Å². The number of nitro groups is 1. The number of hydrogen-bond acceptors (Lipinski definition) is 5. The molecule has 0 bridgehead atoms. The molecule has 0 saturated heterocycles.